The highest BCUT2D eigenvalue weighted by molar-refractivity contribution is 5.80. The van der Waals surface area contributed by atoms with E-state index in [-0.39, 0.29) is 18.1 Å². The number of hydrogen-bond acceptors (Lipinski definition) is 4. The summed E-state index contributed by atoms with van der Waals surface area (Å²) < 4.78 is 11.4. The topological polar surface area (TPSA) is 42.0 Å². The molecule has 4 atom stereocenters. The van der Waals surface area contributed by atoms with Gasteiger partial charge in [-0.1, -0.05) is 6.92 Å². The average Bonchev–Trinajstić information content (AvgIpc) is 2.87. The second kappa shape index (κ2) is 7.56. The van der Waals surface area contributed by atoms with Gasteiger partial charge >= 0.3 is 0 Å². The van der Waals surface area contributed by atoms with E-state index in [9.17, 15) is 4.79 Å². The summed E-state index contributed by atoms with van der Waals surface area (Å²) in [5.41, 5.74) is 0. The Kier molecular flexibility index (Phi) is 6.02. The van der Waals surface area contributed by atoms with E-state index >= 15 is 0 Å². The fraction of sp³-hybridized carbons (Fsp3) is 0.938. The van der Waals surface area contributed by atoms with Crippen molar-refractivity contribution in [3.8, 4) is 0 Å². The zero-order chi connectivity index (χ0) is 15.4. The number of nitrogens with zero attached hydrogens (tertiary/aromatic N) is 2. The van der Waals surface area contributed by atoms with E-state index in [1.165, 1.54) is 6.42 Å². The van der Waals surface area contributed by atoms with Crippen molar-refractivity contribution in [1.82, 2.24) is 9.80 Å². The maximum Gasteiger partial charge on any atom is 0.251 e. The van der Waals surface area contributed by atoms with E-state index in [4.69, 9.17) is 9.47 Å². The molecular formula is C16H30N2O3. The Morgan fingerprint density at radius 3 is 2.71 bits per heavy atom. The summed E-state index contributed by atoms with van der Waals surface area (Å²) in [6.07, 6.45) is 3.18. The van der Waals surface area contributed by atoms with Crippen molar-refractivity contribution < 1.29 is 14.3 Å². The van der Waals surface area contributed by atoms with Crippen molar-refractivity contribution in [2.45, 2.75) is 51.4 Å². The van der Waals surface area contributed by atoms with E-state index in [1.54, 1.807) is 0 Å². The van der Waals surface area contributed by atoms with E-state index < -0.39 is 0 Å². The fourth-order valence-corrected chi connectivity index (χ4v) is 3.32. The second-order valence-corrected chi connectivity index (χ2v) is 6.72. The fourth-order valence-electron chi connectivity index (χ4n) is 3.32. The van der Waals surface area contributed by atoms with E-state index in [0.29, 0.717) is 18.6 Å². The minimum absolute atomic E-state index is 0.113. The normalized spacial score (nSPS) is 31.7. The number of likely N-dealkylation sites (tertiary alicyclic amines) is 1. The first-order valence-electron chi connectivity index (χ1n) is 8.17. The Labute approximate surface area is 128 Å². The third-order valence-electron chi connectivity index (χ3n) is 4.70. The van der Waals surface area contributed by atoms with E-state index in [2.05, 4.69) is 25.9 Å². The molecule has 5 nitrogen and oxygen atoms in total. The standard InChI is InChI=1S/C16H30N2O3/c1-12-9-18(10-15(12)17(3)4)16(19)13(2)21-11-14-7-5-6-8-20-14/h12-15H,5-11H2,1-4H3/t12-,13-,14-,15+/m0/s1. The number of carbonyl (C=O) groups is 1. The smallest absolute Gasteiger partial charge is 0.251 e. The van der Waals surface area contributed by atoms with Crippen molar-refractivity contribution in [1.29, 1.82) is 0 Å². The quantitative estimate of drug-likeness (QED) is 0.769. The largest absolute Gasteiger partial charge is 0.376 e. The van der Waals surface area contributed by atoms with Crippen molar-refractivity contribution in [3.05, 3.63) is 0 Å². The van der Waals surface area contributed by atoms with Crippen LogP contribution in [0.2, 0.25) is 0 Å². The molecular weight excluding hydrogens is 268 g/mol. The summed E-state index contributed by atoms with van der Waals surface area (Å²) in [7, 11) is 4.16. The molecule has 0 aromatic heterocycles. The lowest BCUT2D eigenvalue weighted by Crippen LogP contribution is -2.41. The number of rotatable bonds is 5. The van der Waals surface area contributed by atoms with E-state index in [0.717, 1.165) is 32.5 Å². The maximum absolute atomic E-state index is 12.5. The zero-order valence-corrected chi connectivity index (χ0v) is 13.9. The van der Waals surface area contributed by atoms with Gasteiger partial charge in [-0.2, -0.15) is 0 Å². The molecule has 2 aliphatic heterocycles. The molecule has 0 spiro atoms. The van der Waals surface area contributed by atoms with E-state index in [1.807, 2.05) is 11.8 Å². The lowest BCUT2D eigenvalue weighted by atomic mass is 10.1. The van der Waals surface area contributed by atoms with Crippen molar-refractivity contribution in [2.24, 2.45) is 5.92 Å². The third-order valence-corrected chi connectivity index (χ3v) is 4.70. The molecule has 0 radical (unpaired) electrons. The van der Waals surface area contributed by atoms with Crippen molar-refractivity contribution >= 4 is 5.91 Å². The second-order valence-electron chi connectivity index (χ2n) is 6.72. The Bertz CT molecular complexity index is 342. The molecule has 2 fully saturated rings. The van der Waals surface area contributed by atoms with Crippen LogP contribution in [-0.2, 0) is 14.3 Å². The van der Waals surface area contributed by atoms with Gasteiger partial charge in [0.05, 0.1) is 12.7 Å². The summed E-state index contributed by atoms with van der Waals surface area (Å²) >= 11 is 0. The van der Waals surface area contributed by atoms with Crippen molar-refractivity contribution in [3.63, 3.8) is 0 Å². The maximum atomic E-state index is 12.5. The SMILES string of the molecule is C[C@H](OC[C@@H]1CCCCO1)C(=O)N1C[C@@H](N(C)C)[C@@H](C)C1. The molecule has 2 aliphatic rings. The molecule has 122 valence electrons. The Morgan fingerprint density at radius 2 is 2.14 bits per heavy atom. The summed E-state index contributed by atoms with van der Waals surface area (Å²) in [5, 5.41) is 0. The molecule has 1 amide bonds. The molecule has 2 heterocycles. The minimum Gasteiger partial charge on any atom is -0.376 e. The number of hydrogen-bond donors (Lipinski definition) is 0. The zero-order valence-electron chi connectivity index (χ0n) is 13.9. The van der Waals surface area contributed by atoms with Gasteiger partial charge in [0, 0.05) is 25.7 Å². The van der Waals surface area contributed by atoms with Crippen LogP contribution >= 0.6 is 0 Å². The predicted octanol–water partition coefficient (Wildman–Crippen LogP) is 1.37. The number of likely N-dealkylation sites (N-methyl/N-ethyl adjacent to an activating group) is 1. The Balaban J connectivity index is 1.77. The van der Waals surface area contributed by atoms with Gasteiger partial charge in [0.2, 0.25) is 0 Å². The van der Waals surface area contributed by atoms with Crippen LogP contribution in [0, 0.1) is 5.92 Å². The summed E-state index contributed by atoms with van der Waals surface area (Å²) in [6, 6.07) is 0.447. The molecule has 0 aliphatic carbocycles. The molecule has 2 saturated heterocycles. The number of amides is 1. The van der Waals surface area contributed by atoms with Crippen LogP contribution in [0.15, 0.2) is 0 Å². The molecule has 5 heteroatoms. The molecule has 0 bridgehead atoms. The van der Waals surface area contributed by atoms with Crippen LogP contribution in [0.25, 0.3) is 0 Å². The van der Waals surface area contributed by atoms with Crippen LogP contribution in [0.4, 0.5) is 0 Å². The molecule has 0 unspecified atom stereocenters. The van der Waals surface area contributed by atoms with Crippen LogP contribution < -0.4 is 0 Å². The Morgan fingerprint density at radius 1 is 1.38 bits per heavy atom. The highest BCUT2D eigenvalue weighted by atomic mass is 16.5. The third kappa shape index (κ3) is 4.41. The number of ether oxygens (including phenoxy) is 2. The molecule has 0 aromatic rings. The molecule has 21 heavy (non-hydrogen) atoms. The molecule has 0 saturated carbocycles. The van der Waals surface area contributed by atoms with Crippen LogP contribution in [0.1, 0.15) is 33.1 Å². The van der Waals surface area contributed by atoms with Gasteiger partial charge in [0.25, 0.3) is 5.91 Å². The number of carbonyl (C=O) groups excluding carboxylic acids is 1. The lowest BCUT2D eigenvalue weighted by molar-refractivity contribution is -0.145. The first kappa shape index (κ1) is 16.7. The minimum atomic E-state index is -0.372. The Hall–Kier alpha value is -0.650. The van der Waals surface area contributed by atoms with Gasteiger partial charge in [0.15, 0.2) is 0 Å². The van der Waals surface area contributed by atoms with Gasteiger partial charge in [-0.25, -0.2) is 0 Å². The first-order valence-corrected chi connectivity index (χ1v) is 8.17. The molecule has 0 N–H and O–H groups in total. The van der Waals surface area contributed by atoms with Gasteiger partial charge < -0.3 is 19.3 Å². The molecule has 0 aromatic carbocycles. The summed E-state index contributed by atoms with van der Waals surface area (Å²) in [5.74, 6) is 0.625. The van der Waals surface area contributed by atoms with Crippen molar-refractivity contribution in [2.75, 3.05) is 40.4 Å². The highest BCUT2D eigenvalue weighted by Gasteiger charge is 2.35. The monoisotopic (exact) mass is 298 g/mol. The highest BCUT2D eigenvalue weighted by Crippen LogP contribution is 2.21. The van der Waals surface area contributed by atoms with Gasteiger partial charge in [-0.3, -0.25) is 4.79 Å². The molecule has 2 rings (SSSR count). The predicted molar refractivity (Wildman–Crippen MR) is 82.2 cm³/mol. The lowest BCUT2D eigenvalue weighted by Gasteiger charge is -2.26. The van der Waals surface area contributed by atoms with Crippen LogP contribution in [0.5, 0.6) is 0 Å². The average molecular weight is 298 g/mol. The van der Waals surface area contributed by atoms with Crippen LogP contribution in [0.3, 0.4) is 0 Å². The summed E-state index contributed by atoms with van der Waals surface area (Å²) in [4.78, 5) is 16.6. The first-order chi connectivity index (χ1) is 9.99. The van der Waals surface area contributed by atoms with Gasteiger partial charge in [0.1, 0.15) is 6.10 Å². The van der Waals surface area contributed by atoms with Gasteiger partial charge in [-0.15, -0.1) is 0 Å². The van der Waals surface area contributed by atoms with Gasteiger partial charge in [-0.05, 0) is 46.2 Å². The van der Waals surface area contributed by atoms with Crippen LogP contribution in [-0.4, -0.2) is 74.4 Å². The summed E-state index contributed by atoms with van der Waals surface area (Å²) in [6.45, 7) is 7.06.